The van der Waals surface area contributed by atoms with Crippen LogP contribution in [0.5, 0.6) is 0 Å². The molecule has 1 heterocycles. The number of nitrogens with zero attached hydrogens (tertiary/aromatic N) is 1. The number of benzene rings is 1. The molecule has 0 bridgehead atoms. The van der Waals surface area contributed by atoms with Gasteiger partial charge in [0.2, 0.25) is 11.8 Å². The van der Waals surface area contributed by atoms with Crippen LogP contribution in [0.25, 0.3) is 0 Å². The molecule has 0 spiro atoms. The van der Waals surface area contributed by atoms with Gasteiger partial charge in [-0.25, -0.2) is 0 Å². The second-order valence-electron chi connectivity index (χ2n) is 8.05. The number of amides is 3. The van der Waals surface area contributed by atoms with Crippen molar-refractivity contribution in [1.82, 2.24) is 15.5 Å². The molecule has 0 unspecified atom stereocenters. The van der Waals surface area contributed by atoms with Crippen molar-refractivity contribution in [1.29, 1.82) is 0 Å². The molecule has 2 N–H and O–H groups in total. The number of piperazine rings is 1. The van der Waals surface area contributed by atoms with Crippen molar-refractivity contribution in [3.05, 3.63) is 35.4 Å². The minimum atomic E-state index is -0.436. The Morgan fingerprint density at radius 1 is 1.22 bits per heavy atom. The number of nitrogens with one attached hydrogen (secondary N) is 2. The Balaban J connectivity index is 1.95. The van der Waals surface area contributed by atoms with E-state index in [-0.39, 0.29) is 29.7 Å². The van der Waals surface area contributed by atoms with E-state index in [1.54, 1.807) is 17.0 Å². The number of carbonyl (C=O) groups is 3. The van der Waals surface area contributed by atoms with Gasteiger partial charge in [-0.2, -0.15) is 0 Å². The number of carbonyl (C=O) groups excluding carboxylic acids is 3. The fourth-order valence-corrected chi connectivity index (χ4v) is 3.18. The standard InChI is InChI=1S/C21H31N3O3/c1-5-6-7-17-20(27)22-12-13-24(17)18(25)14-23-19(26)15-8-10-16(11-9-15)21(2,3)4/h8-11,17H,5-7,12-14H2,1-4H3,(H,22,27)(H,23,26)/t17-/m0/s1. The van der Waals surface area contributed by atoms with Crippen molar-refractivity contribution < 1.29 is 14.4 Å². The number of hydrogen-bond acceptors (Lipinski definition) is 3. The fourth-order valence-electron chi connectivity index (χ4n) is 3.18. The van der Waals surface area contributed by atoms with Gasteiger partial charge >= 0.3 is 0 Å². The largest absolute Gasteiger partial charge is 0.353 e. The van der Waals surface area contributed by atoms with Crippen LogP contribution in [0, 0.1) is 0 Å². The molecule has 1 aromatic carbocycles. The number of unbranched alkanes of at least 4 members (excludes halogenated alkanes) is 1. The van der Waals surface area contributed by atoms with Crippen LogP contribution < -0.4 is 10.6 Å². The maximum atomic E-state index is 12.6. The lowest BCUT2D eigenvalue weighted by Gasteiger charge is -2.35. The molecule has 148 valence electrons. The topological polar surface area (TPSA) is 78.5 Å². The maximum Gasteiger partial charge on any atom is 0.251 e. The summed E-state index contributed by atoms with van der Waals surface area (Å²) >= 11 is 0. The van der Waals surface area contributed by atoms with Crippen LogP contribution >= 0.6 is 0 Å². The lowest BCUT2D eigenvalue weighted by molar-refractivity contribution is -0.142. The first kappa shape index (κ1) is 20.9. The number of rotatable bonds is 6. The summed E-state index contributed by atoms with van der Waals surface area (Å²) in [5, 5.41) is 5.50. The fraction of sp³-hybridized carbons (Fsp3) is 0.571. The molecular formula is C21H31N3O3. The molecule has 0 saturated carbocycles. The van der Waals surface area contributed by atoms with Crippen molar-refractivity contribution in [2.75, 3.05) is 19.6 Å². The zero-order valence-electron chi connectivity index (χ0n) is 16.8. The van der Waals surface area contributed by atoms with E-state index in [2.05, 4.69) is 38.3 Å². The smallest absolute Gasteiger partial charge is 0.251 e. The minimum Gasteiger partial charge on any atom is -0.353 e. The predicted molar refractivity (Wildman–Crippen MR) is 106 cm³/mol. The van der Waals surface area contributed by atoms with Gasteiger partial charge in [-0.15, -0.1) is 0 Å². The van der Waals surface area contributed by atoms with Gasteiger partial charge < -0.3 is 15.5 Å². The lowest BCUT2D eigenvalue weighted by atomic mass is 9.87. The van der Waals surface area contributed by atoms with Gasteiger partial charge in [-0.05, 0) is 29.5 Å². The van der Waals surface area contributed by atoms with Crippen LogP contribution in [-0.4, -0.2) is 48.3 Å². The van der Waals surface area contributed by atoms with Gasteiger partial charge in [0.05, 0.1) is 6.54 Å². The highest BCUT2D eigenvalue weighted by Gasteiger charge is 2.32. The van der Waals surface area contributed by atoms with Gasteiger partial charge in [-0.1, -0.05) is 52.7 Å². The summed E-state index contributed by atoms with van der Waals surface area (Å²) in [7, 11) is 0. The third-order valence-electron chi connectivity index (χ3n) is 4.90. The minimum absolute atomic E-state index is 0.0211. The van der Waals surface area contributed by atoms with E-state index in [1.807, 2.05) is 12.1 Å². The predicted octanol–water partition coefficient (Wildman–Crippen LogP) is 2.23. The van der Waals surface area contributed by atoms with E-state index >= 15 is 0 Å². The third kappa shape index (κ3) is 5.55. The molecule has 6 heteroatoms. The Bertz CT molecular complexity index is 677. The average Bonchev–Trinajstić information content (AvgIpc) is 2.64. The van der Waals surface area contributed by atoms with Gasteiger partial charge in [0.1, 0.15) is 6.04 Å². The Hall–Kier alpha value is -2.37. The molecule has 1 saturated heterocycles. The molecule has 2 rings (SSSR count). The van der Waals surface area contributed by atoms with Crippen molar-refractivity contribution in [3.63, 3.8) is 0 Å². The SMILES string of the molecule is CCCC[C@H]1C(=O)NCCN1C(=O)CNC(=O)c1ccc(C(C)(C)C)cc1. The van der Waals surface area contributed by atoms with Crippen molar-refractivity contribution in [3.8, 4) is 0 Å². The molecule has 3 amide bonds. The Kier molecular flexibility index (Phi) is 6.99. The second-order valence-corrected chi connectivity index (χ2v) is 8.05. The van der Waals surface area contributed by atoms with Gasteiger partial charge in [0.25, 0.3) is 5.91 Å². The summed E-state index contributed by atoms with van der Waals surface area (Å²) in [4.78, 5) is 38.6. The molecule has 27 heavy (non-hydrogen) atoms. The normalized spacial score (nSPS) is 17.4. The Morgan fingerprint density at radius 2 is 1.89 bits per heavy atom. The monoisotopic (exact) mass is 373 g/mol. The van der Waals surface area contributed by atoms with Crippen LogP contribution in [0.15, 0.2) is 24.3 Å². The zero-order valence-corrected chi connectivity index (χ0v) is 16.8. The quantitative estimate of drug-likeness (QED) is 0.803. The molecule has 0 radical (unpaired) electrons. The summed E-state index contributed by atoms with van der Waals surface area (Å²) in [6, 6.07) is 6.99. The molecule has 1 atom stereocenters. The maximum absolute atomic E-state index is 12.6. The highest BCUT2D eigenvalue weighted by Crippen LogP contribution is 2.22. The summed E-state index contributed by atoms with van der Waals surface area (Å²) in [6.07, 6.45) is 2.50. The van der Waals surface area contributed by atoms with E-state index in [1.165, 1.54) is 0 Å². The first-order valence-corrected chi connectivity index (χ1v) is 9.70. The van der Waals surface area contributed by atoms with Crippen LogP contribution in [0.3, 0.4) is 0 Å². The van der Waals surface area contributed by atoms with Gasteiger partial charge in [0.15, 0.2) is 0 Å². The summed E-state index contributed by atoms with van der Waals surface area (Å²) in [6.45, 7) is 9.23. The van der Waals surface area contributed by atoms with Crippen LogP contribution in [-0.2, 0) is 15.0 Å². The molecule has 1 fully saturated rings. The van der Waals surface area contributed by atoms with E-state index in [0.717, 1.165) is 18.4 Å². The first-order chi connectivity index (χ1) is 12.7. The van der Waals surface area contributed by atoms with Crippen molar-refractivity contribution >= 4 is 17.7 Å². The highest BCUT2D eigenvalue weighted by atomic mass is 16.2. The van der Waals surface area contributed by atoms with Crippen LogP contribution in [0.4, 0.5) is 0 Å². The summed E-state index contributed by atoms with van der Waals surface area (Å²) in [5.74, 6) is -0.604. The molecule has 0 aromatic heterocycles. The number of hydrogen-bond donors (Lipinski definition) is 2. The zero-order chi connectivity index (χ0) is 20.0. The molecule has 0 aliphatic carbocycles. The Labute approximate surface area is 161 Å². The lowest BCUT2D eigenvalue weighted by Crippen LogP contribution is -2.58. The molecule has 1 aliphatic heterocycles. The van der Waals surface area contributed by atoms with Gasteiger partial charge in [0, 0.05) is 18.7 Å². The summed E-state index contributed by atoms with van der Waals surface area (Å²) < 4.78 is 0. The third-order valence-corrected chi connectivity index (χ3v) is 4.90. The van der Waals surface area contributed by atoms with E-state index in [0.29, 0.717) is 25.1 Å². The first-order valence-electron chi connectivity index (χ1n) is 9.70. The van der Waals surface area contributed by atoms with Crippen molar-refractivity contribution in [2.45, 2.75) is 58.4 Å². The second kappa shape index (κ2) is 9.02. The van der Waals surface area contributed by atoms with Crippen molar-refractivity contribution in [2.24, 2.45) is 0 Å². The van der Waals surface area contributed by atoms with Crippen LogP contribution in [0.2, 0.25) is 0 Å². The average molecular weight is 373 g/mol. The highest BCUT2D eigenvalue weighted by molar-refractivity contribution is 5.97. The molecule has 1 aromatic rings. The molecule has 1 aliphatic rings. The Morgan fingerprint density at radius 3 is 2.48 bits per heavy atom. The summed E-state index contributed by atoms with van der Waals surface area (Å²) in [5.41, 5.74) is 1.69. The van der Waals surface area contributed by atoms with E-state index < -0.39 is 6.04 Å². The van der Waals surface area contributed by atoms with E-state index in [9.17, 15) is 14.4 Å². The molecule has 6 nitrogen and oxygen atoms in total. The molecular weight excluding hydrogens is 342 g/mol. The van der Waals surface area contributed by atoms with Crippen LogP contribution in [0.1, 0.15) is 62.9 Å². The van der Waals surface area contributed by atoms with E-state index in [4.69, 9.17) is 0 Å². The van der Waals surface area contributed by atoms with Gasteiger partial charge in [-0.3, -0.25) is 14.4 Å².